The van der Waals surface area contributed by atoms with Crippen LogP contribution in [0.2, 0.25) is 0 Å². The Balaban J connectivity index is 2.05. The third-order valence-electron chi connectivity index (χ3n) is 3.62. The number of hydrogen-bond acceptors (Lipinski definition) is 3. The average Bonchev–Trinajstić information content (AvgIpc) is 2.77. The van der Waals surface area contributed by atoms with Gasteiger partial charge in [0.2, 0.25) is 0 Å². The molecule has 0 bridgehead atoms. The first kappa shape index (κ1) is 14.6. The predicted octanol–water partition coefficient (Wildman–Crippen LogP) is 2.98. The standard InChI is InChI=1S/C16H23N3O/c1-5-20-16-9-7-6-8-15(16)12(2)17-10-14-11-18-19(4)13(14)3/h6-9,11-12,17H,5,10H2,1-4H3. The van der Waals surface area contributed by atoms with Gasteiger partial charge in [-0.15, -0.1) is 0 Å². The number of nitrogens with zero attached hydrogens (tertiary/aromatic N) is 2. The molecule has 1 heterocycles. The highest BCUT2D eigenvalue weighted by atomic mass is 16.5. The number of para-hydroxylation sites is 1. The second kappa shape index (κ2) is 6.57. The molecule has 4 nitrogen and oxygen atoms in total. The first-order valence-electron chi connectivity index (χ1n) is 7.06. The molecule has 1 N–H and O–H groups in total. The van der Waals surface area contributed by atoms with Crippen molar-refractivity contribution < 1.29 is 4.74 Å². The highest BCUT2D eigenvalue weighted by molar-refractivity contribution is 5.35. The Hall–Kier alpha value is -1.81. The lowest BCUT2D eigenvalue weighted by molar-refractivity contribution is 0.332. The topological polar surface area (TPSA) is 39.1 Å². The van der Waals surface area contributed by atoms with Crippen molar-refractivity contribution in [2.24, 2.45) is 7.05 Å². The van der Waals surface area contributed by atoms with E-state index in [1.807, 2.05) is 43.0 Å². The van der Waals surface area contributed by atoms with E-state index in [1.165, 1.54) is 16.8 Å². The zero-order valence-corrected chi connectivity index (χ0v) is 12.7. The van der Waals surface area contributed by atoms with Crippen molar-refractivity contribution in [2.75, 3.05) is 6.61 Å². The molecule has 0 radical (unpaired) electrons. The molecular weight excluding hydrogens is 250 g/mol. The summed E-state index contributed by atoms with van der Waals surface area (Å²) in [5, 5.41) is 7.80. The summed E-state index contributed by atoms with van der Waals surface area (Å²) >= 11 is 0. The molecule has 0 saturated heterocycles. The number of benzene rings is 1. The normalized spacial score (nSPS) is 12.4. The number of aromatic nitrogens is 2. The van der Waals surface area contributed by atoms with Crippen LogP contribution in [0, 0.1) is 6.92 Å². The lowest BCUT2D eigenvalue weighted by Crippen LogP contribution is -2.19. The molecule has 108 valence electrons. The molecule has 0 saturated carbocycles. The van der Waals surface area contributed by atoms with Crippen molar-refractivity contribution in [3.63, 3.8) is 0 Å². The van der Waals surface area contributed by atoms with Crippen LogP contribution in [-0.2, 0) is 13.6 Å². The van der Waals surface area contributed by atoms with Crippen LogP contribution in [-0.4, -0.2) is 16.4 Å². The van der Waals surface area contributed by atoms with Crippen LogP contribution in [0.1, 0.15) is 36.7 Å². The van der Waals surface area contributed by atoms with Crippen molar-refractivity contribution in [3.05, 3.63) is 47.3 Å². The number of hydrogen-bond donors (Lipinski definition) is 1. The maximum atomic E-state index is 5.68. The molecule has 20 heavy (non-hydrogen) atoms. The summed E-state index contributed by atoms with van der Waals surface area (Å²) in [6.45, 7) is 7.74. The molecule has 0 aliphatic carbocycles. The van der Waals surface area contributed by atoms with Crippen molar-refractivity contribution >= 4 is 0 Å². The van der Waals surface area contributed by atoms with Gasteiger partial charge in [0.25, 0.3) is 0 Å². The summed E-state index contributed by atoms with van der Waals surface area (Å²) < 4.78 is 7.58. The van der Waals surface area contributed by atoms with Gasteiger partial charge in [-0.05, 0) is 26.8 Å². The van der Waals surface area contributed by atoms with Crippen LogP contribution in [0.25, 0.3) is 0 Å². The Morgan fingerprint density at radius 3 is 2.75 bits per heavy atom. The number of rotatable bonds is 6. The summed E-state index contributed by atoms with van der Waals surface area (Å²) in [5.74, 6) is 0.956. The van der Waals surface area contributed by atoms with Crippen LogP contribution in [0.15, 0.2) is 30.5 Å². The predicted molar refractivity (Wildman–Crippen MR) is 80.8 cm³/mol. The van der Waals surface area contributed by atoms with Crippen molar-refractivity contribution in [2.45, 2.75) is 33.4 Å². The minimum absolute atomic E-state index is 0.234. The van der Waals surface area contributed by atoms with Gasteiger partial charge >= 0.3 is 0 Å². The van der Waals surface area contributed by atoms with Crippen LogP contribution < -0.4 is 10.1 Å². The first-order chi connectivity index (χ1) is 9.63. The summed E-state index contributed by atoms with van der Waals surface area (Å²) in [6, 6.07) is 8.42. The van der Waals surface area contributed by atoms with Gasteiger partial charge in [-0.1, -0.05) is 18.2 Å². The van der Waals surface area contributed by atoms with E-state index in [4.69, 9.17) is 4.74 Å². The van der Waals surface area contributed by atoms with Gasteiger partial charge in [0.1, 0.15) is 5.75 Å². The van der Waals surface area contributed by atoms with E-state index in [0.717, 1.165) is 12.3 Å². The Morgan fingerprint density at radius 2 is 2.10 bits per heavy atom. The highest BCUT2D eigenvalue weighted by Gasteiger charge is 2.12. The fraction of sp³-hybridized carbons (Fsp3) is 0.438. The lowest BCUT2D eigenvalue weighted by atomic mass is 10.1. The molecule has 0 spiro atoms. The minimum Gasteiger partial charge on any atom is -0.494 e. The van der Waals surface area contributed by atoms with E-state index in [2.05, 4.69) is 30.3 Å². The molecular formula is C16H23N3O. The largest absolute Gasteiger partial charge is 0.494 e. The fourth-order valence-corrected chi connectivity index (χ4v) is 2.22. The van der Waals surface area contributed by atoms with Gasteiger partial charge in [-0.25, -0.2) is 0 Å². The summed E-state index contributed by atoms with van der Waals surface area (Å²) in [4.78, 5) is 0. The first-order valence-corrected chi connectivity index (χ1v) is 7.06. The van der Waals surface area contributed by atoms with Gasteiger partial charge in [0.15, 0.2) is 0 Å². The van der Waals surface area contributed by atoms with Gasteiger partial charge in [0.05, 0.1) is 12.8 Å². The monoisotopic (exact) mass is 273 g/mol. The van der Waals surface area contributed by atoms with E-state index in [0.29, 0.717) is 6.61 Å². The van der Waals surface area contributed by atoms with Crippen molar-refractivity contribution in [1.29, 1.82) is 0 Å². The van der Waals surface area contributed by atoms with E-state index in [9.17, 15) is 0 Å². The van der Waals surface area contributed by atoms with Crippen LogP contribution in [0.5, 0.6) is 5.75 Å². The Bertz CT molecular complexity index is 563. The average molecular weight is 273 g/mol. The van der Waals surface area contributed by atoms with Crippen LogP contribution in [0.4, 0.5) is 0 Å². The highest BCUT2D eigenvalue weighted by Crippen LogP contribution is 2.25. The van der Waals surface area contributed by atoms with Crippen LogP contribution in [0.3, 0.4) is 0 Å². The maximum Gasteiger partial charge on any atom is 0.124 e. The third-order valence-corrected chi connectivity index (χ3v) is 3.62. The molecule has 0 fully saturated rings. The molecule has 1 atom stereocenters. The molecule has 0 aliphatic rings. The number of ether oxygens (including phenoxy) is 1. The van der Waals surface area contributed by atoms with Gasteiger partial charge in [0, 0.05) is 36.5 Å². The minimum atomic E-state index is 0.234. The molecule has 1 aromatic carbocycles. The van der Waals surface area contributed by atoms with E-state index >= 15 is 0 Å². The smallest absolute Gasteiger partial charge is 0.124 e. The third kappa shape index (κ3) is 3.20. The molecule has 4 heteroatoms. The SMILES string of the molecule is CCOc1ccccc1C(C)NCc1cnn(C)c1C. The second-order valence-electron chi connectivity index (χ2n) is 4.95. The zero-order valence-electron chi connectivity index (χ0n) is 12.7. The molecule has 2 rings (SSSR count). The quantitative estimate of drug-likeness (QED) is 0.879. The summed E-state index contributed by atoms with van der Waals surface area (Å²) in [5.41, 5.74) is 3.62. The maximum absolute atomic E-state index is 5.68. The molecule has 0 aliphatic heterocycles. The molecule has 1 aromatic heterocycles. The van der Waals surface area contributed by atoms with Gasteiger partial charge in [-0.2, -0.15) is 5.10 Å². The lowest BCUT2D eigenvalue weighted by Gasteiger charge is -2.17. The van der Waals surface area contributed by atoms with E-state index in [-0.39, 0.29) is 6.04 Å². The van der Waals surface area contributed by atoms with Crippen LogP contribution >= 0.6 is 0 Å². The second-order valence-corrected chi connectivity index (χ2v) is 4.95. The number of nitrogens with one attached hydrogen (secondary N) is 1. The molecule has 2 aromatic rings. The summed E-state index contributed by atoms with van der Waals surface area (Å²) in [7, 11) is 1.96. The Kier molecular flexibility index (Phi) is 4.79. The van der Waals surface area contributed by atoms with Gasteiger partial charge in [-0.3, -0.25) is 4.68 Å². The molecule has 0 amide bonds. The van der Waals surface area contributed by atoms with Crippen molar-refractivity contribution in [1.82, 2.24) is 15.1 Å². The Morgan fingerprint density at radius 1 is 1.35 bits per heavy atom. The summed E-state index contributed by atoms with van der Waals surface area (Å²) in [6.07, 6.45) is 1.92. The van der Waals surface area contributed by atoms with Crippen molar-refractivity contribution in [3.8, 4) is 5.75 Å². The fourth-order valence-electron chi connectivity index (χ4n) is 2.22. The van der Waals surface area contributed by atoms with E-state index in [1.54, 1.807) is 0 Å². The number of aryl methyl sites for hydroxylation is 1. The zero-order chi connectivity index (χ0) is 14.5. The van der Waals surface area contributed by atoms with E-state index < -0.39 is 0 Å². The molecule has 1 unspecified atom stereocenters. The van der Waals surface area contributed by atoms with Gasteiger partial charge < -0.3 is 10.1 Å². The Labute approximate surface area is 120 Å².